The van der Waals surface area contributed by atoms with Crippen molar-refractivity contribution in [2.24, 2.45) is 4.99 Å². The van der Waals surface area contributed by atoms with Crippen LogP contribution in [-0.4, -0.2) is 19.9 Å². The summed E-state index contributed by atoms with van der Waals surface area (Å²) in [5, 5.41) is 0. The van der Waals surface area contributed by atoms with Gasteiger partial charge in [0.05, 0.1) is 6.61 Å². The highest BCUT2D eigenvalue weighted by Crippen LogP contribution is 2.29. The van der Waals surface area contributed by atoms with Gasteiger partial charge < -0.3 is 4.74 Å². The Balaban J connectivity index is 3.01. The van der Waals surface area contributed by atoms with Crippen LogP contribution >= 0.6 is 0 Å². The third kappa shape index (κ3) is 3.45. The minimum Gasteiger partial charge on any atom is -0.493 e. The molecular weight excluding hydrogens is 210 g/mol. The minimum atomic E-state index is 0.768. The molecule has 1 rings (SSSR count). The normalized spacial score (nSPS) is 17.2. The van der Waals surface area contributed by atoms with Crippen LogP contribution in [0.2, 0.25) is 0 Å². The topological polar surface area (TPSA) is 21.6 Å². The monoisotopic (exact) mass is 231 g/mol. The number of aliphatic imine (C=N–C) groups is 1. The van der Waals surface area contributed by atoms with Crippen LogP contribution in [0, 0.1) is 0 Å². The minimum absolute atomic E-state index is 0.768. The molecule has 0 N–H and O–H groups in total. The van der Waals surface area contributed by atoms with Crippen LogP contribution in [0.5, 0.6) is 0 Å². The van der Waals surface area contributed by atoms with Gasteiger partial charge in [-0.05, 0) is 36.5 Å². The van der Waals surface area contributed by atoms with E-state index in [0.29, 0.717) is 0 Å². The maximum absolute atomic E-state index is 5.73. The number of allylic oxidation sites excluding steroid dienone is 4. The van der Waals surface area contributed by atoms with Gasteiger partial charge in [0.1, 0.15) is 5.76 Å². The molecular formula is C15H21NO. The predicted molar refractivity (Wildman–Crippen MR) is 74.3 cm³/mol. The standard InChI is InChI=1S/C15H21NO/c1-5-13(9-10-16-4)12(3)15-14(6-2)8-7-11-17-15/h6,9-10H,2-3,5,7-8,11H2,1,4H3/b13-9+,16-10?. The molecule has 0 amide bonds. The van der Waals surface area contributed by atoms with Gasteiger partial charge in [-0.3, -0.25) is 4.99 Å². The lowest BCUT2D eigenvalue weighted by molar-refractivity contribution is 0.198. The van der Waals surface area contributed by atoms with E-state index in [4.69, 9.17) is 4.74 Å². The average Bonchev–Trinajstić information content (AvgIpc) is 2.39. The zero-order valence-corrected chi connectivity index (χ0v) is 10.8. The molecule has 0 unspecified atom stereocenters. The maximum Gasteiger partial charge on any atom is 0.129 e. The van der Waals surface area contributed by atoms with Gasteiger partial charge in [-0.25, -0.2) is 0 Å². The van der Waals surface area contributed by atoms with Gasteiger partial charge in [-0.1, -0.05) is 26.2 Å². The van der Waals surface area contributed by atoms with Crippen molar-refractivity contribution in [3.8, 4) is 0 Å². The maximum atomic E-state index is 5.73. The molecule has 0 aromatic rings. The summed E-state index contributed by atoms with van der Waals surface area (Å²) in [6.45, 7) is 10.9. The van der Waals surface area contributed by atoms with Crippen molar-refractivity contribution in [3.63, 3.8) is 0 Å². The van der Waals surface area contributed by atoms with Gasteiger partial charge in [0, 0.05) is 18.8 Å². The molecule has 2 nitrogen and oxygen atoms in total. The summed E-state index contributed by atoms with van der Waals surface area (Å²) in [7, 11) is 1.76. The molecule has 17 heavy (non-hydrogen) atoms. The van der Waals surface area contributed by atoms with Gasteiger partial charge in [-0.15, -0.1) is 0 Å². The fourth-order valence-corrected chi connectivity index (χ4v) is 1.86. The van der Waals surface area contributed by atoms with Crippen molar-refractivity contribution in [3.05, 3.63) is 47.8 Å². The van der Waals surface area contributed by atoms with Crippen LogP contribution in [-0.2, 0) is 4.74 Å². The van der Waals surface area contributed by atoms with Crippen LogP contribution in [0.4, 0.5) is 0 Å². The van der Waals surface area contributed by atoms with E-state index in [2.05, 4.69) is 25.1 Å². The van der Waals surface area contributed by atoms with E-state index in [-0.39, 0.29) is 0 Å². The molecule has 0 bridgehead atoms. The smallest absolute Gasteiger partial charge is 0.129 e. The van der Waals surface area contributed by atoms with E-state index in [1.165, 1.54) is 0 Å². The molecule has 0 spiro atoms. The number of nitrogens with zero attached hydrogens (tertiary/aromatic N) is 1. The zero-order valence-electron chi connectivity index (χ0n) is 10.8. The average molecular weight is 231 g/mol. The first-order valence-corrected chi connectivity index (χ1v) is 6.03. The van der Waals surface area contributed by atoms with Gasteiger partial charge >= 0.3 is 0 Å². The second kappa shape index (κ2) is 6.89. The van der Waals surface area contributed by atoms with E-state index in [0.717, 1.165) is 48.3 Å². The van der Waals surface area contributed by atoms with Crippen LogP contribution in [0.1, 0.15) is 26.2 Å². The highest BCUT2D eigenvalue weighted by molar-refractivity contribution is 5.74. The molecule has 0 aromatic heterocycles. The summed E-state index contributed by atoms with van der Waals surface area (Å²) in [4.78, 5) is 3.97. The highest BCUT2D eigenvalue weighted by atomic mass is 16.5. The Morgan fingerprint density at radius 2 is 2.29 bits per heavy atom. The van der Waals surface area contributed by atoms with E-state index in [1.54, 1.807) is 13.3 Å². The van der Waals surface area contributed by atoms with Crippen molar-refractivity contribution >= 4 is 6.21 Å². The fourth-order valence-electron chi connectivity index (χ4n) is 1.86. The second-order valence-electron chi connectivity index (χ2n) is 3.94. The van der Waals surface area contributed by atoms with Crippen molar-refractivity contribution in [2.75, 3.05) is 13.7 Å². The SMILES string of the molecule is C=CC1=C(C(=C)/C(=C/C=NC)CC)OCCC1. The summed E-state index contributed by atoms with van der Waals surface area (Å²) < 4.78 is 5.73. The number of hydrogen-bond acceptors (Lipinski definition) is 2. The van der Waals surface area contributed by atoms with Gasteiger partial charge in [0.25, 0.3) is 0 Å². The third-order valence-electron chi connectivity index (χ3n) is 2.84. The molecule has 2 heteroatoms. The summed E-state index contributed by atoms with van der Waals surface area (Å²) in [6.07, 6.45) is 8.66. The Morgan fingerprint density at radius 1 is 1.53 bits per heavy atom. The first kappa shape index (κ1) is 13.5. The molecule has 0 fully saturated rings. The lowest BCUT2D eigenvalue weighted by Gasteiger charge is -2.22. The van der Waals surface area contributed by atoms with Crippen molar-refractivity contribution in [1.29, 1.82) is 0 Å². The van der Waals surface area contributed by atoms with Crippen molar-refractivity contribution in [2.45, 2.75) is 26.2 Å². The number of rotatable bonds is 5. The van der Waals surface area contributed by atoms with E-state index < -0.39 is 0 Å². The van der Waals surface area contributed by atoms with Crippen molar-refractivity contribution in [1.82, 2.24) is 0 Å². The molecule has 0 aromatic carbocycles. The van der Waals surface area contributed by atoms with Crippen LogP contribution < -0.4 is 0 Å². The molecule has 0 aliphatic carbocycles. The molecule has 1 aliphatic rings. The van der Waals surface area contributed by atoms with Crippen LogP contribution in [0.25, 0.3) is 0 Å². The molecule has 0 radical (unpaired) electrons. The van der Waals surface area contributed by atoms with Crippen LogP contribution in [0.3, 0.4) is 0 Å². The Labute approximate surface area is 104 Å². The largest absolute Gasteiger partial charge is 0.493 e. The van der Waals surface area contributed by atoms with E-state index in [1.807, 2.05) is 12.2 Å². The van der Waals surface area contributed by atoms with Gasteiger partial charge in [0.2, 0.25) is 0 Å². The highest BCUT2D eigenvalue weighted by Gasteiger charge is 2.16. The third-order valence-corrected chi connectivity index (χ3v) is 2.84. The molecule has 0 atom stereocenters. The number of hydrogen-bond donors (Lipinski definition) is 0. The van der Waals surface area contributed by atoms with E-state index in [9.17, 15) is 0 Å². The Hall–Kier alpha value is -1.57. The van der Waals surface area contributed by atoms with Gasteiger partial charge in [0.15, 0.2) is 0 Å². The Kier molecular flexibility index (Phi) is 5.47. The predicted octanol–water partition coefficient (Wildman–Crippen LogP) is 3.83. The Morgan fingerprint density at radius 3 is 2.88 bits per heavy atom. The molecule has 1 aliphatic heterocycles. The second-order valence-corrected chi connectivity index (χ2v) is 3.94. The zero-order chi connectivity index (χ0) is 12.7. The quantitative estimate of drug-likeness (QED) is 0.520. The Bertz CT molecular complexity index is 386. The van der Waals surface area contributed by atoms with Crippen LogP contribution in [0.15, 0.2) is 52.8 Å². The molecule has 1 heterocycles. The first-order valence-electron chi connectivity index (χ1n) is 6.03. The first-order chi connectivity index (χ1) is 8.24. The lowest BCUT2D eigenvalue weighted by Crippen LogP contribution is -2.08. The summed E-state index contributed by atoms with van der Waals surface area (Å²) in [6, 6.07) is 0. The van der Waals surface area contributed by atoms with Crippen molar-refractivity contribution < 1.29 is 4.74 Å². The molecule has 0 saturated carbocycles. The summed E-state index contributed by atoms with van der Waals surface area (Å²) in [5.41, 5.74) is 3.28. The lowest BCUT2D eigenvalue weighted by atomic mass is 9.96. The molecule has 0 saturated heterocycles. The number of ether oxygens (including phenoxy) is 1. The fraction of sp³-hybridized carbons (Fsp3) is 0.400. The van der Waals surface area contributed by atoms with Gasteiger partial charge in [-0.2, -0.15) is 0 Å². The summed E-state index contributed by atoms with van der Waals surface area (Å²) in [5.74, 6) is 0.906. The van der Waals surface area contributed by atoms with E-state index >= 15 is 0 Å². The summed E-state index contributed by atoms with van der Waals surface area (Å²) >= 11 is 0. The molecule has 92 valence electrons.